The molecular weight excluding hydrogens is 438 g/mol. The summed E-state index contributed by atoms with van der Waals surface area (Å²) >= 11 is 5.87. The highest BCUT2D eigenvalue weighted by Crippen LogP contribution is 2.42. The first-order valence-corrected chi connectivity index (χ1v) is 12.0. The molecule has 0 spiro atoms. The third-order valence-electron chi connectivity index (χ3n) is 6.69. The lowest BCUT2D eigenvalue weighted by Gasteiger charge is -2.28. The van der Waals surface area contributed by atoms with E-state index in [4.69, 9.17) is 12.2 Å². The van der Waals surface area contributed by atoms with E-state index in [2.05, 4.69) is 82.8 Å². The molecule has 2 atom stereocenters. The van der Waals surface area contributed by atoms with Crippen molar-refractivity contribution in [2.45, 2.75) is 46.3 Å². The van der Waals surface area contributed by atoms with Crippen LogP contribution in [0.15, 0.2) is 73.2 Å². The lowest BCUT2D eigenvalue weighted by atomic mass is 9.96. The van der Waals surface area contributed by atoms with Crippen molar-refractivity contribution in [1.29, 1.82) is 0 Å². The molecule has 3 aromatic heterocycles. The summed E-state index contributed by atoms with van der Waals surface area (Å²) < 4.78 is 2.37. The van der Waals surface area contributed by atoms with Gasteiger partial charge in [0, 0.05) is 42.2 Å². The molecular formula is C28H29N5S. The molecule has 4 aromatic rings. The summed E-state index contributed by atoms with van der Waals surface area (Å²) in [4.78, 5) is 11.2. The summed E-state index contributed by atoms with van der Waals surface area (Å²) in [5.74, 6) is 0. The standard InChI is InChI=1S/C28H29N5S/c1-18-8-9-19(2)25(15-18)33-20(3)16-23(21(33)4)27-26(24-7-5-6-12-30-24)31-28(34)32(27)17-22-10-13-29-14-11-22/h5-16,26-27H,17H2,1-4H3,(H,31,34)/t26-,27+/m1/s1. The minimum absolute atomic E-state index is 0.0145. The molecule has 0 unspecified atom stereocenters. The van der Waals surface area contributed by atoms with Gasteiger partial charge < -0.3 is 14.8 Å². The van der Waals surface area contributed by atoms with Gasteiger partial charge in [0.25, 0.3) is 0 Å². The van der Waals surface area contributed by atoms with Crippen LogP contribution in [0.1, 0.15) is 51.4 Å². The molecule has 1 aliphatic rings. The van der Waals surface area contributed by atoms with E-state index in [1.165, 1.54) is 39.3 Å². The van der Waals surface area contributed by atoms with Gasteiger partial charge in [-0.1, -0.05) is 18.2 Å². The number of hydrogen-bond acceptors (Lipinski definition) is 3. The van der Waals surface area contributed by atoms with Crippen LogP contribution in [0, 0.1) is 27.7 Å². The van der Waals surface area contributed by atoms with Crippen LogP contribution in [0.5, 0.6) is 0 Å². The van der Waals surface area contributed by atoms with Crippen LogP contribution in [-0.4, -0.2) is 24.5 Å². The molecule has 0 aliphatic carbocycles. The van der Waals surface area contributed by atoms with Gasteiger partial charge >= 0.3 is 0 Å². The normalized spacial score (nSPS) is 17.8. The summed E-state index contributed by atoms with van der Waals surface area (Å²) in [5.41, 5.74) is 9.60. The first-order valence-electron chi connectivity index (χ1n) is 11.6. The summed E-state index contributed by atoms with van der Waals surface area (Å²) in [5, 5.41) is 4.32. The van der Waals surface area contributed by atoms with Gasteiger partial charge in [0.15, 0.2) is 5.11 Å². The highest BCUT2D eigenvalue weighted by Gasteiger charge is 2.41. The van der Waals surface area contributed by atoms with Crippen LogP contribution < -0.4 is 5.32 Å². The Hall–Kier alpha value is -3.51. The number of aryl methyl sites for hydroxylation is 3. The molecule has 4 heterocycles. The second-order valence-corrected chi connectivity index (χ2v) is 9.45. The summed E-state index contributed by atoms with van der Waals surface area (Å²) in [6, 6.07) is 19.1. The minimum atomic E-state index is -0.0388. The molecule has 5 nitrogen and oxygen atoms in total. The van der Waals surface area contributed by atoms with Gasteiger partial charge in [0.05, 0.1) is 17.8 Å². The number of benzene rings is 1. The molecule has 1 aliphatic heterocycles. The fourth-order valence-electron chi connectivity index (χ4n) is 5.02. The fraction of sp³-hybridized carbons (Fsp3) is 0.250. The molecule has 1 saturated heterocycles. The van der Waals surface area contributed by atoms with Crippen molar-refractivity contribution in [3.05, 3.63) is 113 Å². The molecule has 0 radical (unpaired) electrons. The van der Waals surface area contributed by atoms with E-state index < -0.39 is 0 Å². The topological polar surface area (TPSA) is 46.0 Å². The Bertz CT molecular complexity index is 1330. The Labute approximate surface area is 206 Å². The van der Waals surface area contributed by atoms with Crippen LogP contribution in [0.4, 0.5) is 0 Å². The van der Waals surface area contributed by atoms with Crippen molar-refractivity contribution in [2.24, 2.45) is 0 Å². The molecule has 1 aromatic carbocycles. The predicted molar refractivity (Wildman–Crippen MR) is 140 cm³/mol. The third-order valence-corrected chi connectivity index (χ3v) is 7.05. The van der Waals surface area contributed by atoms with Crippen LogP contribution in [0.2, 0.25) is 0 Å². The van der Waals surface area contributed by atoms with Crippen molar-refractivity contribution < 1.29 is 0 Å². The molecule has 34 heavy (non-hydrogen) atoms. The van der Waals surface area contributed by atoms with E-state index in [1.54, 1.807) is 0 Å². The number of nitrogens with zero attached hydrogens (tertiary/aromatic N) is 4. The quantitative estimate of drug-likeness (QED) is 0.383. The number of nitrogens with one attached hydrogen (secondary N) is 1. The summed E-state index contributed by atoms with van der Waals surface area (Å²) in [6.45, 7) is 9.42. The van der Waals surface area contributed by atoms with Gasteiger partial charge in [-0.25, -0.2) is 0 Å². The van der Waals surface area contributed by atoms with E-state index in [0.717, 1.165) is 10.8 Å². The SMILES string of the molecule is Cc1ccc(C)c(-n2c(C)cc([C@H]3[C@@H](c4ccccn4)NC(=S)N3Cc3ccncc3)c2C)c1. The van der Waals surface area contributed by atoms with Gasteiger partial charge in [-0.05, 0) is 98.6 Å². The maximum absolute atomic E-state index is 5.87. The highest BCUT2D eigenvalue weighted by atomic mass is 32.1. The Morgan fingerprint density at radius 1 is 0.941 bits per heavy atom. The van der Waals surface area contributed by atoms with Crippen molar-refractivity contribution in [1.82, 2.24) is 24.8 Å². The average Bonchev–Trinajstić information content (AvgIpc) is 3.31. The maximum Gasteiger partial charge on any atom is 0.170 e. The number of pyridine rings is 2. The van der Waals surface area contributed by atoms with Crippen molar-refractivity contribution in [3.8, 4) is 5.69 Å². The maximum atomic E-state index is 5.87. The van der Waals surface area contributed by atoms with Gasteiger partial charge in [0.1, 0.15) is 0 Å². The molecule has 1 N–H and O–H groups in total. The van der Waals surface area contributed by atoms with Gasteiger partial charge in [-0.2, -0.15) is 0 Å². The summed E-state index contributed by atoms with van der Waals surface area (Å²) in [7, 11) is 0. The van der Waals surface area contributed by atoms with Gasteiger partial charge in [0.2, 0.25) is 0 Å². The molecule has 0 bridgehead atoms. The Kier molecular flexibility index (Phi) is 5.92. The number of rotatable bonds is 5. The minimum Gasteiger partial charge on any atom is -0.352 e. The van der Waals surface area contributed by atoms with E-state index in [1.807, 2.05) is 42.9 Å². The monoisotopic (exact) mass is 467 g/mol. The zero-order chi connectivity index (χ0) is 23.8. The van der Waals surface area contributed by atoms with Crippen LogP contribution in [0.25, 0.3) is 5.69 Å². The lowest BCUT2D eigenvalue weighted by molar-refractivity contribution is 0.310. The van der Waals surface area contributed by atoms with E-state index in [0.29, 0.717) is 6.54 Å². The zero-order valence-electron chi connectivity index (χ0n) is 20.0. The van der Waals surface area contributed by atoms with Crippen molar-refractivity contribution >= 4 is 17.3 Å². The first kappa shape index (κ1) is 22.3. The molecule has 1 fully saturated rings. The van der Waals surface area contributed by atoms with Crippen molar-refractivity contribution in [2.75, 3.05) is 0 Å². The van der Waals surface area contributed by atoms with E-state index in [9.17, 15) is 0 Å². The van der Waals surface area contributed by atoms with E-state index in [-0.39, 0.29) is 12.1 Å². The molecule has 172 valence electrons. The van der Waals surface area contributed by atoms with Crippen LogP contribution in [0.3, 0.4) is 0 Å². The van der Waals surface area contributed by atoms with Crippen molar-refractivity contribution in [3.63, 3.8) is 0 Å². The molecule has 6 heteroatoms. The summed E-state index contributed by atoms with van der Waals surface area (Å²) in [6.07, 6.45) is 5.51. The van der Waals surface area contributed by atoms with Crippen LogP contribution in [-0.2, 0) is 6.54 Å². The number of hydrogen-bond donors (Lipinski definition) is 1. The molecule has 0 amide bonds. The second-order valence-electron chi connectivity index (χ2n) is 9.06. The average molecular weight is 468 g/mol. The number of aromatic nitrogens is 3. The fourth-order valence-corrected chi connectivity index (χ4v) is 5.32. The highest BCUT2D eigenvalue weighted by molar-refractivity contribution is 7.80. The zero-order valence-corrected chi connectivity index (χ0v) is 20.8. The predicted octanol–water partition coefficient (Wildman–Crippen LogP) is 5.67. The Balaban J connectivity index is 1.64. The number of thiocarbonyl (C=S) groups is 1. The smallest absolute Gasteiger partial charge is 0.170 e. The lowest BCUT2D eigenvalue weighted by Crippen LogP contribution is -2.29. The van der Waals surface area contributed by atoms with Gasteiger partial charge in [-0.3, -0.25) is 9.97 Å². The molecule has 5 rings (SSSR count). The third kappa shape index (κ3) is 3.99. The Morgan fingerprint density at radius 2 is 1.74 bits per heavy atom. The van der Waals surface area contributed by atoms with Gasteiger partial charge in [-0.15, -0.1) is 0 Å². The largest absolute Gasteiger partial charge is 0.352 e. The first-order chi connectivity index (χ1) is 16.4. The Morgan fingerprint density at radius 3 is 2.47 bits per heavy atom. The molecule has 0 saturated carbocycles. The second kappa shape index (κ2) is 9.03. The van der Waals surface area contributed by atoms with E-state index >= 15 is 0 Å². The van der Waals surface area contributed by atoms with Crippen LogP contribution >= 0.6 is 12.2 Å².